The minimum absolute atomic E-state index is 0.141. The Bertz CT molecular complexity index is 2050. The highest BCUT2D eigenvalue weighted by atomic mass is 35.5. The molecule has 1 heterocycles. The van der Waals surface area contributed by atoms with Gasteiger partial charge in [-0.1, -0.05) is 77.8 Å². The van der Waals surface area contributed by atoms with Gasteiger partial charge in [0.05, 0.1) is 16.6 Å². The number of ether oxygens (including phenoxy) is 3. The zero-order valence-corrected chi connectivity index (χ0v) is 29.9. The van der Waals surface area contributed by atoms with E-state index >= 15 is 0 Å². The van der Waals surface area contributed by atoms with E-state index in [2.05, 4.69) is 5.32 Å². The molecule has 4 aromatic rings. The number of carbonyl (C=O) groups is 3. The first-order valence-corrected chi connectivity index (χ1v) is 17.0. The Labute approximate surface area is 310 Å². The largest absolute Gasteiger partial charge is 0.458 e. The van der Waals surface area contributed by atoms with Crippen LogP contribution in [-0.2, 0) is 25.6 Å². The minimum Gasteiger partial charge on any atom is -0.458 e. The number of hydrogen-bond donors (Lipinski definition) is 1. The van der Waals surface area contributed by atoms with Crippen molar-refractivity contribution in [2.24, 2.45) is 0 Å². The number of rotatable bonds is 8. The van der Waals surface area contributed by atoms with Gasteiger partial charge in [0.25, 0.3) is 0 Å². The van der Waals surface area contributed by atoms with Crippen LogP contribution in [0, 0.1) is 29.1 Å². The number of fused-ring (bicyclic) bond motifs is 3. The van der Waals surface area contributed by atoms with E-state index in [1.54, 1.807) is 20.8 Å². The Kier molecular flexibility index (Phi) is 10.5. The summed E-state index contributed by atoms with van der Waals surface area (Å²) in [6, 6.07) is 18.1. The van der Waals surface area contributed by atoms with Crippen LogP contribution in [0.15, 0.2) is 66.7 Å². The Morgan fingerprint density at radius 2 is 1.40 bits per heavy atom. The van der Waals surface area contributed by atoms with Crippen LogP contribution in [0.1, 0.15) is 49.8 Å². The molecule has 6 rings (SSSR count). The molecule has 0 bridgehead atoms. The fraction of sp³-hybridized carbons (Fsp3) is 0.289. The van der Waals surface area contributed by atoms with Gasteiger partial charge in [0.15, 0.2) is 0 Å². The van der Waals surface area contributed by atoms with Gasteiger partial charge < -0.3 is 14.2 Å². The van der Waals surface area contributed by atoms with Crippen molar-refractivity contribution in [3.63, 3.8) is 0 Å². The van der Waals surface area contributed by atoms with Crippen LogP contribution in [0.3, 0.4) is 0 Å². The summed E-state index contributed by atoms with van der Waals surface area (Å²) in [5.41, 5.74) is 0.858. The number of nitrogens with zero attached hydrogens (tertiary/aromatic N) is 1. The molecule has 278 valence electrons. The Balaban J connectivity index is 1.35. The molecular weight excluding hydrogens is 746 g/mol. The fourth-order valence-electron chi connectivity index (χ4n) is 6.49. The van der Waals surface area contributed by atoms with Crippen molar-refractivity contribution in [3.05, 3.63) is 123 Å². The molecule has 1 saturated heterocycles. The van der Waals surface area contributed by atoms with Crippen LogP contribution >= 0.6 is 23.2 Å². The molecule has 0 saturated carbocycles. The van der Waals surface area contributed by atoms with Crippen LogP contribution in [0.4, 0.5) is 26.7 Å². The van der Waals surface area contributed by atoms with Crippen molar-refractivity contribution in [2.45, 2.75) is 56.8 Å². The third kappa shape index (κ3) is 7.42. The first-order valence-electron chi connectivity index (χ1n) is 16.3. The second kappa shape index (κ2) is 14.6. The van der Waals surface area contributed by atoms with Gasteiger partial charge >= 0.3 is 18.0 Å². The smallest absolute Gasteiger partial charge is 0.410 e. The van der Waals surface area contributed by atoms with Crippen molar-refractivity contribution in [1.82, 2.24) is 10.2 Å². The second-order valence-corrected chi connectivity index (χ2v) is 14.5. The van der Waals surface area contributed by atoms with Crippen molar-refractivity contribution in [1.29, 1.82) is 0 Å². The highest BCUT2D eigenvalue weighted by Gasteiger charge is 2.56. The molecule has 1 N–H and O–H groups in total. The molecule has 1 aliphatic carbocycles. The Morgan fingerprint density at radius 3 is 1.96 bits per heavy atom. The topological polar surface area (TPSA) is 94.2 Å². The van der Waals surface area contributed by atoms with Crippen molar-refractivity contribution < 1.29 is 50.5 Å². The number of halogens is 7. The Hall–Kier alpha value is -4.72. The van der Waals surface area contributed by atoms with E-state index < -0.39 is 83.0 Å². The summed E-state index contributed by atoms with van der Waals surface area (Å²) in [7, 11) is 0. The van der Waals surface area contributed by atoms with Gasteiger partial charge in [-0.25, -0.2) is 27.6 Å². The quantitative estimate of drug-likeness (QED) is 0.0631. The van der Waals surface area contributed by atoms with Gasteiger partial charge in [-0.15, -0.1) is 0 Å². The average Bonchev–Trinajstić information content (AvgIpc) is 3.68. The second-order valence-electron chi connectivity index (χ2n) is 13.7. The molecule has 0 aromatic heterocycles. The van der Waals surface area contributed by atoms with E-state index in [9.17, 15) is 36.3 Å². The maximum atomic E-state index is 14.8. The molecule has 2 aliphatic rings. The predicted octanol–water partition coefficient (Wildman–Crippen LogP) is 8.49. The van der Waals surface area contributed by atoms with Gasteiger partial charge in [-0.3, -0.25) is 10.2 Å². The Morgan fingerprint density at radius 1 is 0.830 bits per heavy atom. The third-order valence-electron chi connectivity index (χ3n) is 8.98. The van der Waals surface area contributed by atoms with E-state index in [0.29, 0.717) is 5.56 Å². The van der Waals surface area contributed by atoms with Crippen molar-refractivity contribution in [2.75, 3.05) is 13.2 Å². The van der Waals surface area contributed by atoms with Gasteiger partial charge in [0.1, 0.15) is 23.8 Å². The summed E-state index contributed by atoms with van der Waals surface area (Å²) in [6.07, 6.45) is -1.67. The van der Waals surface area contributed by atoms with E-state index in [1.807, 2.05) is 48.5 Å². The molecule has 4 aromatic carbocycles. The van der Waals surface area contributed by atoms with Crippen LogP contribution < -0.4 is 10.1 Å². The summed E-state index contributed by atoms with van der Waals surface area (Å²) in [4.78, 5) is 42.6. The lowest BCUT2D eigenvalue weighted by Gasteiger charge is -2.28. The van der Waals surface area contributed by atoms with Gasteiger partial charge in [0, 0.05) is 18.9 Å². The lowest BCUT2D eigenvalue weighted by atomic mass is 9.95. The van der Waals surface area contributed by atoms with E-state index in [4.69, 9.17) is 37.4 Å². The molecule has 0 radical (unpaired) electrons. The summed E-state index contributed by atoms with van der Waals surface area (Å²) < 4.78 is 87.9. The number of benzene rings is 4. The summed E-state index contributed by atoms with van der Waals surface area (Å²) in [6.45, 7) is 3.59. The lowest BCUT2D eigenvalue weighted by molar-refractivity contribution is -0.159. The monoisotopic (exact) mass is 776 g/mol. The van der Waals surface area contributed by atoms with Crippen LogP contribution in [0.25, 0.3) is 11.1 Å². The third-order valence-corrected chi connectivity index (χ3v) is 9.72. The minimum atomic E-state index is -2.46. The molecule has 8 nitrogen and oxygen atoms in total. The fourth-order valence-corrected chi connectivity index (χ4v) is 6.81. The van der Waals surface area contributed by atoms with Crippen LogP contribution in [-0.4, -0.2) is 53.3 Å². The standard InChI is InChI=1S/C38H31Cl2F5N2O6/c1-37(2,3)53-34(48)27-15-38(46-16-19-12-13-25(39)26(40)14-19,35(49)52-33-31(44)29(42)28(41)30(43)32(33)45)18-47(27)36(50)51-17-24-22-10-6-4-8-20(22)21-9-5-7-11-23(21)24/h4-14,24,27,46H,15-18H2,1-3H3/t27-,38+/m1/s1. The molecule has 1 amide bonds. The maximum Gasteiger partial charge on any atom is 0.410 e. The van der Waals surface area contributed by atoms with Gasteiger partial charge in [-0.2, -0.15) is 8.78 Å². The number of esters is 2. The molecule has 0 spiro atoms. The summed E-state index contributed by atoms with van der Waals surface area (Å²) >= 11 is 12.2. The van der Waals surface area contributed by atoms with Gasteiger partial charge in [-0.05, 0) is 60.7 Å². The maximum absolute atomic E-state index is 14.8. The van der Waals surface area contributed by atoms with Crippen molar-refractivity contribution >= 4 is 41.2 Å². The van der Waals surface area contributed by atoms with E-state index in [0.717, 1.165) is 27.2 Å². The molecule has 1 fully saturated rings. The molecule has 0 unspecified atom stereocenters. The highest BCUT2D eigenvalue weighted by Crippen LogP contribution is 2.45. The summed E-state index contributed by atoms with van der Waals surface area (Å²) in [5.74, 6) is -16.7. The summed E-state index contributed by atoms with van der Waals surface area (Å²) in [5, 5.41) is 3.23. The molecule has 15 heteroatoms. The van der Waals surface area contributed by atoms with Crippen LogP contribution in [0.2, 0.25) is 10.0 Å². The van der Waals surface area contributed by atoms with Crippen molar-refractivity contribution in [3.8, 4) is 16.9 Å². The molecular formula is C38H31Cl2F5N2O6. The highest BCUT2D eigenvalue weighted by molar-refractivity contribution is 6.42. The average molecular weight is 778 g/mol. The zero-order chi connectivity index (χ0) is 38.4. The normalized spacial score (nSPS) is 18.1. The first-order chi connectivity index (χ1) is 25.0. The molecule has 1 aliphatic heterocycles. The zero-order valence-electron chi connectivity index (χ0n) is 28.4. The number of amides is 1. The number of carbonyl (C=O) groups excluding carboxylic acids is 3. The molecule has 53 heavy (non-hydrogen) atoms. The number of likely N-dealkylation sites (tertiary alicyclic amines) is 1. The lowest BCUT2D eigenvalue weighted by Crippen LogP contribution is -2.56. The van der Waals surface area contributed by atoms with E-state index in [1.165, 1.54) is 18.2 Å². The van der Waals surface area contributed by atoms with Gasteiger partial charge in [0.2, 0.25) is 34.8 Å². The predicted molar refractivity (Wildman–Crippen MR) is 184 cm³/mol. The van der Waals surface area contributed by atoms with E-state index in [-0.39, 0.29) is 29.1 Å². The number of nitrogens with one attached hydrogen (secondary N) is 1. The SMILES string of the molecule is CC(C)(C)OC(=O)[C@H]1C[C@@](NCc2ccc(Cl)c(Cl)c2)(C(=O)Oc2c(F)c(F)c(F)c(F)c2F)CN1C(=O)OCC1c2ccccc2-c2ccccc21. The first kappa shape index (κ1) is 38.0. The molecule has 2 atom stereocenters. The number of hydrogen-bond acceptors (Lipinski definition) is 7. The van der Waals surface area contributed by atoms with Crippen LogP contribution in [0.5, 0.6) is 5.75 Å².